The first kappa shape index (κ1) is 17.1. The van der Waals surface area contributed by atoms with Gasteiger partial charge in [-0.25, -0.2) is 8.42 Å². The lowest BCUT2D eigenvalue weighted by Gasteiger charge is -2.25. The molecule has 0 aliphatic carbocycles. The molecule has 1 atom stereocenters. The Bertz CT molecular complexity index is 909. The maximum atomic E-state index is 12.9. The third kappa shape index (κ3) is 3.48. The van der Waals surface area contributed by atoms with Crippen molar-refractivity contribution in [3.8, 4) is 11.5 Å². The number of benzene rings is 2. The second-order valence-electron chi connectivity index (χ2n) is 6.43. The largest absolute Gasteiger partial charge is 0.486 e. The molecule has 2 heterocycles. The van der Waals surface area contributed by atoms with Crippen LogP contribution in [0.2, 0.25) is 0 Å². The predicted octanol–water partition coefficient (Wildman–Crippen LogP) is 3.60. The molecule has 0 aromatic heterocycles. The summed E-state index contributed by atoms with van der Waals surface area (Å²) in [5, 5.41) is 1.30. The van der Waals surface area contributed by atoms with Crippen LogP contribution in [0, 0.1) is 0 Å². The zero-order valence-corrected chi connectivity index (χ0v) is 15.2. The van der Waals surface area contributed by atoms with Crippen molar-refractivity contribution in [2.24, 2.45) is 0 Å². The Morgan fingerprint density at radius 1 is 1.00 bits per heavy atom. The highest BCUT2D eigenvalue weighted by atomic mass is 32.2. The molecule has 136 valence electrons. The average Bonchev–Trinajstić information content (AvgIpc) is 3.18. The second-order valence-corrected chi connectivity index (χ2v) is 8.20. The third-order valence-electron chi connectivity index (χ3n) is 4.71. The van der Waals surface area contributed by atoms with E-state index in [1.54, 1.807) is 10.4 Å². The molecule has 0 saturated carbocycles. The van der Waals surface area contributed by atoms with E-state index in [2.05, 4.69) is 0 Å². The monoisotopic (exact) mass is 371 g/mol. The summed E-state index contributed by atoms with van der Waals surface area (Å²) in [6.07, 6.45) is 3.30. The van der Waals surface area contributed by atoms with Gasteiger partial charge in [0.2, 0.25) is 10.0 Å². The molecular formula is C20H21NO4S. The van der Waals surface area contributed by atoms with Gasteiger partial charge in [0.1, 0.15) is 13.2 Å². The topological polar surface area (TPSA) is 55.8 Å². The van der Waals surface area contributed by atoms with Gasteiger partial charge >= 0.3 is 0 Å². The minimum atomic E-state index is -3.50. The van der Waals surface area contributed by atoms with E-state index in [9.17, 15) is 8.42 Å². The van der Waals surface area contributed by atoms with E-state index in [1.807, 2.05) is 48.5 Å². The lowest BCUT2D eigenvalue weighted by molar-refractivity contribution is 0.171. The van der Waals surface area contributed by atoms with E-state index in [4.69, 9.17) is 9.47 Å². The SMILES string of the molecule is O=S(=O)(/C=C/c1ccccc1)N1CCC[C@H]1c1ccc2c(c1)OCCO2. The van der Waals surface area contributed by atoms with E-state index in [0.717, 1.165) is 29.7 Å². The fourth-order valence-corrected chi connectivity index (χ4v) is 4.90. The highest BCUT2D eigenvalue weighted by molar-refractivity contribution is 7.92. The summed E-state index contributed by atoms with van der Waals surface area (Å²) in [7, 11) is -3.50. The second kappa shape index (κ2) is 7.13. The van der Waals surface area contributed by atoms with Crippen molar-refractivity contribution in [3.05, 3.63) is 65.1 Å². The molecule has 0 amide bonds. The highest BCUT2D eigenvalue weighted by Crippen LogP contribution is 2.39. The third-order valence-corrected chi connectivity index (χ3v) is 6.28. The fraction of sp³-hybridized carbons (Fsp3) is 0.300. The molecule has 0 radical (unpaired) electrons. The zero-order valence-electron chi connectivity index (χ0n) is 14.4. The number of rotatable bonds is 4. The number of sulfonamides is 1. The number of fused-ring (bicyclic) bond motifs is 1. The Kier molecular flexibility index (Phi) is 4.70. The minimum absolute atomic E-state index is 0.170. The smallest absolute Gasteiger partial charge is 0.236 e. The molecule has 2 aromatic carbocycles. The van der Waals surface area contributed by atoms with Crippen molar-refractivity contribution in [2.75, 3.05) is 19.8 Å². The zero-order chi connectivity index (χ0) is 18.0. The Hall–Kier alpha value is -2.31. The van der Waals surface area contributed by atoms with E-state index >= 15 is 0 Å². The highest BCUT2D eigenvalue weighted by Gasteiger charge is 2.34. The molecule has 6 heteroatoms. The fourth-order valence-electron chi connectivity index (χ4n) is 3.45. The number of ether oxygens (including phenoxy) is 2. The van der Waals surface area contributed by atoms with Crippen molar-refractivity contribution in [3.63, 3.8) is 0 Å². The molecule has 2 aliphatic rings. The van der Waals surface area contributed by atoms with Gasteiger partial charge in [0.25, 0.3) is 0 Å². The van der Waals surface area contributed by atoms with Crippen molar-refractivity contribution in [2.45, 2.75) is 18.9 Å². The van der Waals surface area contributed by atoms with Gasteiger partial charge in [-0.2, -0.15) is 4.31 Å². The molecular weight excluding hydrogens is 350 g/mol. The van der Waals surface area contributed by atoms with Gasteiger partial charge < -0.3 is 9.47 Å². The van der Waals surface area contributed by atoms with Gasteiger partial charge in [-0.05, 0) is 42.2 Å². The molecule has 26 heavy (non-hydrogen) atoms. The lowest BCUT2D eigenvalue weighted by atomic mass is 10.0. The van der Waals surface area contributed by atoms with E-state index in [1.165, 1.54) is 5.41 Å². The quantitative estimate of drug-likeness (QED) is 0.824. The first-order valence-electron chi connectivity index (χ1n) is 8.78. The number of nitrogens with zero attached hydrogens (tertiary/aromatic N) is 1. The molecule has 0 spiro atoms. The predicted molar refractivity (Wildman–Crippen MR) is 101 cm³/mol. The molecule has 5 nitrogen and oxygen atoms in total. The molecule has 2 aliphatic heterocycles. The first-order valence-corrected chi connectivity index (χ1v) is 10.3. The van der Waals surface area contributed by atoms with Crippen molar-refractivity contribution >= 4 is 16.1 Å². The summed E-state index contributed by atoms with van der Waals surface area (Å²) >= 11 is 0. The van der Waals surface area contributed by atoms with Crippen LogP contribution in [-0.4, -0.2) is 32.5 Å². The van der Waals surface area contributed by atoms with Gasteiger partial charge in [-0.15, -0.1) is 0 Å². The first-order chi connectivity index (χ1) is 12.6. The summed E-state index contributed by atoms with van der Waals surface area (Å²) in [6, 6.07) is 15.0. The van der Waals surface area contributed by atoms with Crippen LogP contribution in [0.5, 0.6) is 11.5 Å². The van der Waals surface area contributed by atoms with Crippen molar-refractivity contribution in [1.29, 1.82) is 0 Å². The van der Waals surface area contributed by atoms with Gasteiger partial charge in [0.05, 0.1) is 6.04 Å². The Balaban J connectivity index is 1.59. The standard InChI is InChI=1S/C20H21NO4S/c22-26(23,14-10-16-5-2-1-3-6-16)21-11-4-7-18(21)17-8-9-19-20(15-17)25-13-12-24-19/h1-3,5-6,8-10,14-15,18H,4,7,11-13H2/b14-10+/t18-/m0/s1. The molecule has 0 N–H and O–H groups in total. The van der Waals surface area contributed by atoms with E-state index < -0.39 is 10.0 Å². The molecule has 0 bridgehead atoms. The van der Waals surface area contributed by atoms with E-state index in [-0.39, 0.29) is 6.04 Å². The minimum Gasteiger partial charge on any atom is -0.486 e. The van der Waals surface area contributed by atoms with Crippen LogP contribution in [0.3, 0.4) is 0 Å². The summed E-state index contributed by atoms with van der Waals surface area (Å²) in [5.74, 6) is 1.41. The molecule has 1 saturated heterocycles. The van der Waals surface area contributed by atoms with Crippen LogP contribution in [0.25, 0.3) is 6.08 Å². The molecule has 4 rings (SSSR count). The van der Waals surface area contributed by atoms with Crippen LogP contribution in [-0.2, 0) is 10.0 Å². The molecule has 2 aromatic rings. The summed E-state index contributed by atoms with van der Waals surface area (Å²) in [6.45, 7) is 1.59. The maximum absolute atomic E-state index is 12.9. The summed E-state index contributed by atoms with van der Waals surface area (Å²) < 4.78 is 38.5. The van der Waals surface area contributed by atoms with E-state index in [0.29, 0.717) is 25.5 Å². The summed E-state index contributed by atoms with van der Waals surface area (Å²) in [5.41, 5.74) is 1.81. The van der Waals surface area contributed by atoms with Gasteiger partial charge in [-0.1, -0.05) is 36.4 Å². The molecule has 1 fully saturated rings. The van der Waals surface area contributed by atoms with Crippen LogP contribution in [0.15, 0.2) is 53.9 Å². The molecule has 0 unspecified atom stereocenters. The van der Waals surface area contributed by atoms with Crippen LogP contribution >= 0.6 is 0 Å². The maximum Gasteiger partial charge on any atom is 0.236 e. The normalized spacial score (nSPS) is 20.5. The van der Waals surface area contributed by atoms with Crippen molar-refractivity contribution < 1.29 is 17.9 Å². The Labute approximate surface area is 153 Å². The van der Waals surface area contributed by atoms with Crippen molar-refractivity contribution in [1.82, 2.24) is 4.31 Å². The average molecular weight is 371 g/mol. The van der Waals surface area contributed by atoms with Crippen LogP contribution < -0.4 is 9.47 Å². The van der Waals surface area contributed by atoms with Gasteiger partial charge in [-0.3, -0.25) is 0 Å². The van der Waals surface area contributed by atoms with Crippen LogP contribution in [0.1, 0.15) is 30.0 Å². The Morgan fingerprint density at radius 3 is 2.58 bits per heavy atom. The summed E-state index contributed by atoms with van der Waals surface area (Å²) in [4.78, 5) is 0. The van der Waals surface area contributed by atoms with Crippen LogP contribution in [0.4, 0.5) is 0 Å². The lowest BCUT2D eigenvalue weighted by Crippen LogP contribution is -2.29. The van der Waals surface area contributed by atoms with Gasteiger partial charge in [0.15, 0.2) is 11.5 Å². The Morgan fingerprint density at radius 2 is 1.77 bits per heavy atom. The van der Waals surface area contributed by atoms with Gasteiger partial charge in [0, 0.05) is 12.0 Å². The number of hydrogen-bond donors (Lipinski definition) is 0. The number of hydrogen-bond acceptors (Lipinski definition) is 4.